The van der Waals surface area contributed by atoms with Crippen LogP contribution in [0.2, 0.25) is 5.02 Å². The minimum Gasteiger partial charge on any atom is -0.316 e. The number of thioether (sulfide) groups is 1. The van der Waals surface area contributed by atoms with Gasteiger partial charge in [-0.1, -0.05) is 42.9 Å². The predicted octanol–water partition coefficient (Wildman–Crippen LogP) is 5.94. The Balaban J connectivity index is 1.76. The van der Waals surface area contributed by atoms with Crippen molar-refractivity contribution in [1.82, 2.24) is 4.57 Å². The fourth-order valence-electron chi connectivity index (χ4n) is 2.81. The number of aromatic nitrogens is 1. The molecule has 3 aromatic rings. The van der Waals surface area contributed by atoms with Crippen LogP contribution in [0.25, 0.3) is 10.2 Å². The molecule has 0 aliphatic carbocycles. The first kappa shape index (κ1) is 20.2. The van der Waals surface area contributed by atoms with E-state index in [9.17, 15) is 4.79 Å². The largest absolute Gasteiger partial charge is 0.316 e. The lowest BCUT2D eigenvalue weighted by atomic mass is 10.2. The maximum atomic E-state index is 12.4. The van der Waals surface area contributed by atoms with Crippen molar-refractivity contribution in [2.75, 3.05) is 5.75 Å². The first-order valence-electron chi connectivity index (χ1n) is 9.19. The number of carbonyl (C=O) groups excluding carboxylic acids is 1. The summed E-state index contributed by atoms with van der Waals surface area (Å²) in [6, 6.07) is 14.2. The number of halogens is 1. The van der Waals surface area contributed by atoms with Crippen LogP contribution in [-0.4, -0.2) is 16.2 Å². The van der Waals surface area contributed by atoms with Crippen molar-refractivity contribution in [3.05, 3.63) is 57.9 Å². The zero-order valence-corrected chi connectivity index (χ0v) is 18.0. The van der Waals surface area contributed by atoms with Gasteiger partial charge in [0.2, 0.25) is 5.91 Å². The number of thiazole rings is 1. The van der Waals surface area contributed by atoms with Crippen LogP contribution in [0.5, 0.6) is 0 Å². The van der Waals surface area contributed by atoms with Gasteiger partial charge < -0.3 is 4.57 Å². The summed E-state index contributed by atoms with van der Waals surface area (Å²) in [5.74, 6) is 0.645. The number of nitrogens with zero attached hydrogens (tertiary/aromatic N) is 2. The number of amides is 1. The Labute approximate surface area is 173 Å². The third-order valence-electron chi connectivity index (χ3n) is 4.22. The second-order valence-corrected chi connectivity index (χ2v) is 8.86. The van der Waals surface area contributed by atoms with Crippen LogP contribution in [0.15, 0.2) is 52.4 Å². The van der Waals surface area contributed by atoms with E-state index < -0.39 is 0 Å². The van der Waals surface area contributed by atoms with Crippen molar-refractivity contribution in [2.24, 2.45) is 4.99 Å². The molecule has 0 saturated carbocycles. The monoisotopic (exact) mass is 418 g/mol. The van der Waals surface area contributed by atoms with Crippen LogP contribution in [0, 0.1) is 0 Å². The Morgan fingerprint density at radius 2 is 1.96 bits per heavy atom. The summed E-state index contributed by atoms with van der Waals surface area (Å²) in [4.78, 5) is 18.7. The van der Waals surface area contributed by atoms with Gasteiger partial charge in [-0.25, -0.2) is 0 Å². The van der Waals surface area contributed by atoms with Crippen LogP contribution < -0.4 is 4.80 Å². The summed E-state index contributed by atoms with van der Waals surface area (Å²) in [7, 11) is 0. The molecule has 27 heavy (non-hydrogen) atoms. The van der Waals surface area contributed by atoms with E-state index in [-0.39, 0.29) is 5.91 Å². The highest BCUT2D eigenvalue weighted by atomic mass is 35.5. The van der Waals surface area contributed by atoms with Crippen molar-refractivity contribution in [1.29, 1.82) is 0 Å². The zero-order chi connectivity index (χ0) is 19.2. The number of fused-ring (bicyclic) bond motifs is 1. The molecule has 1 amide bonds. The molecule has 0 radical (unpaired) electrons. The van der Waals surface area contributed by atoms with Gasteiger partial charge in [0.15, 0.2) is 4.80 Å². The maximum absolute atomic E-state index is 12.4. The van der Waals surface area contributed by atoms with Crippen LogP contribution in [0.4, 0.5) is 0 Å². The Bertz CT molecular complexity index is 990. The Morgan fingerprint density at radius 3 is 2.67 bits per heavy atom. The van der Waals surface area contributed by atoms with Crippen molar-refractivity contribution in [2.45, 2.75) is 44.6 Å². The second kappa shape index (κ2) is 9.58. The molecule has 0 saturated heterocycles. The fourth-order valence-corrected chi connectivity index (χ4v) is 4.92. The van der Waals surface area contributed by atoms with E-state index in [1.54, 1.807) is 23.1 Å². The maximum Gasteiger partial charge on any atom is 0.249 e. The van der Waals surface area contributed by atoms with E-state index in [2.05, 4.69) is 41.6 Å². The number of carbonyl (C=O) groups is 1. The standard InChI is InChI=1S/C21H23ClN2OS2/c1-3-12-24-18-10-5-15(4-2)14-19(18)27-21(24)23-20(25)11-13-26-17-8-6-16(22)7-9-17/h5-10,14H,3-4,11-13H2,1-2H3. The number of hydrogen-bond acceptors (Lipinski definition) is 3. The van der Waals surface area contributed by atoms with Gasteiger partial charge in [0.05, 0.1) is 10.2 Å². The summed E-state index contributed by atoms with van der Waals surface area (Å²) >= 11 is 9.16. The van der Waals surface area contributed by atoms with Gasteiger partial charge in [0.1, 0.15) is 0 Å². The Morgan fingerprint density at radius 1 is 1.19 bits per heavy atom. The number of aryl methyl sites for hydroxylation is 2. The third kappa shape index (κ3) is 5.24. The lowest BCUT2D eigenvalue weighted by Crippen LogP contribution is -2.16. The molecule has 1 heterocycles. The molecular weight excluding hydrogens is 396 g/mol. The predicted molar refractivity (Wildman–Crippen MR) is 117 cm³/mol. The van der Waals surface area contributed by atoms with Gasteiger partial charge >= 0.3 is 0 Å². The summed E-state index contributed by atoms with van der Waals surface area (Å²) in [5.41, 5.74) is 2.48. The summed E-state index contributed by atoms with van der Waals surface area (Å²) < 4.78 is 3.37. The van der Waals surface area contributed by atoms with Crippen LogP contribution in [0.3, 0.4) is 0 Å². The molecule has 3 nitrogen and oxygen atoms in total. The average Bonchev–Trinajstić information content (AvgIpc) is 3.00. The first-order valence-corrected chi connectivity index (χ1v) is 11.4. The van der Waals surface area contributed by atoms with E-state index in [1.807, 2.05) is 24.3 Å². The Kier molecular flexibility index (Phi) is 7.16. The van der Waals surface area contributed by atoms with Gasteiger partial charge in [0.25, 0.3) is 0 Å². The smallest absolute Gasteiger partial charge is 0.249 e. The molecule has 6 heteroatoms. The van der Waals surface area contributed by atoms with Crippen molar-refractivity contribution >= 4 is 50.8 Å². The van der Waals surface area contributed by atoms with Gasteiger partial charge in [-0.05, 0) is 54.8 Å². The highest BCUT2D eigenvalue weighted by Crippen LogP contribution is 2.22. The highest BCUT2D eigenvalue weighted by molar-refractivity contribution is 7.99. The molecule has 142 valence electrons. The fraction of sp³-hybridized carbons (Fsp3) is 0.333. The van der Waals surface area contributed by atoms with Crippen LogP contribution in [-0.2, 0) is 17.8 Å². The minimum absolute atomic E-state index is 0.0661. The van der Waals surface area contributed by atoms with Gasteiger partial charge in [0, 0.05) is 28.6 Å². The Hall–Kier alpha value is -1.56. The molecule has 0 aliphatic rings. The number of hydrogen-bond donors (Lipinski definition) is 0. The molecule has 0 bridgehead atoms. The van der Waals surface area contributed by atoms with Gasteiger partial charge in [-0.15, -0.1) is 11.8 Å². The van der Waals surface area contributed by atoms with Crippen LogP contribution >= 0.6 is 34.7 Å². The molecule has 2 aromatic carbocycles. The number of rotatable bonds is 7. The van der Waals surface area contributed by atoms with Crippen molar-refractivity contribution in [3.8, 4) is 0 Å². The van der Waals surface area contributed by atoms with Gasteiger partial charge in [-0.2, -0.15) is 4.99 Å². The topological polar surface area (TPSA) is 34.4 Å². The van der Waals surface area contributed by atoms with Crippen molar-refractivity contribution in [3.63, 3.8) is 0 Å². The molecule has 1 aromatic heterocycles. The van der Waals surface area contributed by atoms with Gasteiger partial charge in [-0.3, -0.25) is 4.79 Å². The van der Waals surface area contributed by atoms with E-state index in [1.165, 1.54) is 15.8 Å². The van der Waals surface area contributed by atoms with E-state index in [0.29, 0.717) is 12.2 Å². The third-order valence-corrected chi connectivity index (χ3v) is 6.53. The minimum atomic E-state index is -0.0661. The molecule has 0 aliphatic heterocycles. The SMILES string of the molecule is CCCn1c(=NC(=O)CCSc2ccc(Cl)cc2)sc2cc(CC)ccc21. The molecule has 0 spiro atoms. The zero-order valence-electron chi connectivity index (χ0n) is 15.6. The average molecular weight is 419 g/mol. The lowest BCUT2D eigenvalue weighted by molar-refractivity contribution is -0.117. The number of benzene rings is 2. The molecule has 3 rings (SSSR count). The van der Waals surface area contributed by atoms with Crippen LogP contribution in [0.1, 0.15) is 32.3 Å². The quantitative estimate of drug-likeness (QED) is 0.445. The summed E-state index contributed by atoms with van der Waals surface area (Å²) in [6.45, 7) is 5.17. The normalized spacial score (nSPS) is 12.0. The first-order chi connectivity index (χ1) is 13.1. The van der Waals surface area contributed by atoms with Crippen molar-refractivity contribution < 1.29 is 4.79 Å². The van der Waals surface area contributed by atoms with E-state index in [0.717, 1.165) is 34.1 Å². The van der Waals surface area contributed by atoms with E-state index >= 15 is 0 Å². The molecule has 0 N–H and O–H groups in total. The molecule has 0 unspecified atom stereocenters. The molecule has 0 atom stereocenters. The molecular formula is C21H23ClN2OS2. The lowest BCUT2D eigenvalue weighted by Gasteiger charge is -2.03. The summed E-state index contributed by atoms with van der Waals surface area (Å²) in [5, 5.41) is 0.724. The highest BCUT2D eigenvalue weighted by Gasteiger charge is 2.08. The second-order valence-electron chi connectivity index (χ2n) is 6.25. The summed E-state index contributed by atoms with van der Waals surface area (Å²) in [6.07, 6.45) is 2.44. The van der Waals surface area contributed by atoms with E-state index in [4.69, 9.17) is 11.6 Å². The molecule has 0 fully saturated rings.